The van der Waals surface area contributed by atoms with Gasteiger partial charge in [-0.3, -0.25) is 14.7 Å². The maximum Gasteiger partial charge on any atom is 0.234 e. The van der Waals surface area contributed by atoms with Gasteiger partial charge < -0.3 is 11.5 Å². The lowest BCUT2D eigenvalue weighted by Gasteiger charge is -2.33. The summed E-state index contributed by atoms with van der Waals surface area (Å²) in [7, 11) is 0. The third kappa shape index (κ3) is 3.05. The van der Waals surface area contributed by atoms with Gasteiger partial charge >= 0.3 is 0 Å². The van der Waals surface area contributed by atoms with Crippen LogP contribution in [-0.2, 0) is 17.9 Å². The van der Waals surface area contributed by atoms with Gasteiger partial charge in [-0.1, -0.05) is 6.42 Å². The zero-order valence-corrected chi connectivity index (χ0v) is 10.5. The molecule has 18 heavy (non-hydrogen) atoms. The molecule has 0 saturated carbocycles. The van der Waals surface area contributed by atoms with Crippen LogP contribution in [0.2, 0.25) is 0 Å². The number of hydrogen-bond acceptors (Lipinski definition) is 4. The molecule has 1 amide bonds. The molecular formula is C13H20N4O. The highest BCUT2D eigenvalue weighted by atomic mass is 16.1. The van der Waals surface area contributed by atoms with Gasteiger partial charge in [0.25, 0.3) is 0 Å². The van der Waals surface area contributed by atoms with Crippen molar-refractivity contribution in [3.63, 3.8) is 0 Å². The van der Waals surface area contributed by atoms with E-state index in [0.717, 1.165) is 43.6 Å². The first-order valence-electron chi connectivity index (χ1n) is 6.38. The molecule has 1 atom stereocenters. The van der Waals surface area contributed by atoms with E-state index in [1.54, 1.807) is 6.20 Å². The zero-order chi connectivity index (χ0) is 13.0. The maximum atomic E-state index is 11.4. The molecule has 1 unspecified atom stereocenters. The normalized spacial score (nSPS) is 20.8. The third-order valence-corrected chi connectivity index (χ3v) is 3.42. The minimum absolute atomic E-state index is 0.131. The number of hydrogen-bond donors (Lipinski definition) is 2. The number of primary amides is 1. The van der Waals surface area contributed by atoms with E-state index >= 15 is 0 Å². The fourth-order valence-electron chi connectivity index (χ4n) is 2.48. The number of piperidine rings is 1. The van der Waals surface area contributed by atoms with Crippen LogP contribution in [0.4, 0.5) is 0 Å². The van der Waals surface area contributed by atoms with E-state index in [1.165, 1.54) is 0 Å². The Balaban J connectivity index is 2.08. The molecule has 0 aromatic carbocycles. The van der Waals surface area contributed by atoms with Crippen molar-refractivity contribution in [2.24, 2.45) is 11.5 Å². The summed E-state index contributed by atoms with van der Waals surface area (Å²) in [6, 6.07) is 3.83. The Kier molecular flexibility index (Phi) is 4.28. The van der Waals surface area contributed by atoms with Crippen molar-refractivity contribution in [2.45, 2.75) is 38.4 Å². The third-order valence-electron chi connectivity index (χ3n) is 3.42. The van der Waals surface area contributed by atoms with E-state index in [0.29, 0.717) is 6.54 Å². The Labute approximate surface area is 107 Å². The predicted octanol–water partition coefficient (Wildman–Crippen LogP) is 0.380. The molecule has 1 saturated heterocycles. The number of likely N-dealkylation sites (tertiary alicyclic amines) is 1. The van der Waals surface area contributed by atoms with Crippen molar-refractivity contribution in [3.8, 4) is 0 Å². The summed E-state index contributed by atoms with van der Waals surface area (Å²) in [6.07, 6.45) is 4.83. The number of amides is 1. The summed E-state index contributed by atoms with van der Waals surface area (Å²) < 4.78 is 0. The summed E-state index contributed by atoms with van der Waals surface area (Å²) in [4.78, 5) is 17.8. The number of carbonyl (C=O) groups excluding carboxylic acids is 1. The molecule has 1 aliphatic heterocycles. The van der Waals surface area contributed by atoms with Crippen LogP contribution >= 0.6 is 0 Å². The van der Waals surface area contributed by atoms with Gasteiger partial charge in [-0.2, -0.15) is 0 Å². The topological polar surface area (TPSA) is 85.2 Å². The van der Waals surface area contributed by atoms with Crippen LogP contribution < -0.4 is 11.5 Å². The minimum Gasteiger partial charge on any atom is -0.368 e. The smallest absolute Gasteiger partial charge is 0.234 e. The second kappa shape index (κ2) is 5.93. The Hall–Kier alpha value is -1.46. The molecule has 0 radical (unpaired) electrons. The molecule has 0 bridgehead atoms. The molecule has 1 aromatic heterocycles. The number of rotatable bonds is 4. The minimum atomic E-state index is -0.220. The number of carbonyl (C=O) groups is 1. The summed E-state index contributed by atoms with van der Waals surface area (Å²) in [5.41, 5.74) is 13.0. The zero-order valence-electron chi connectivity index (χ0n) is 10.5. The van der Waals surface area contributed by atoms with Crippen LogP contribution in [0.25, 0.3) is 0 Å². The van der Waals surface area contributed by atoms with Crippen LogP contribution in [0, 0.1) is 0 Å². The SMILES string of the molecule is NCc1cc(CN2CCCCC2C(N)=O)ccn1. The quantitative estimate of drug-likeness (QED) is 0.806. The lowest BCUT2D eigenvalue weighted by Crippen LogP contribution is -2.47. The highest BCUT2D eigenvalue weighted by molar-refractivity contribution is 5.79. The molecule has 0 spiro atoms. The van der Waals surface area contributed by atoms with Crippen molar-refractivity contribution in [2.75, 3.05) is 6.54 Å². The number of nitrogens with zero attached hydrogens (tertiary/aromatic N) is 2. The van der Waals surface area contributed by atoms with E-state index in [4.69, 9.17) is 11.5 Å². The molecule has 2 heterocycles. The first kappa shape index (κ1) is 13.0. The summed E-state index contributed by atoms with van der Waals surface area (Å²) in [5, 5.41) is 0. The molecular weight excluding hydrogens is 228 g/mol. The molecule has 4 N–H and O–H groups in total. The summed E-state index contributed by atoms with van der Waals surface area (Å²) in [5.74, 6) is -0.220. The molecule has 1 fully saturated rings. The first-order valence-corrected chi connectivity index (χ1v) is 6.38. The van der Waals surface area contributed by atoms with Crippen LogP contribution in [0.5, 0.6) is 0 Å². The monoisotopic (exact) mass is 248 g/mol. The second-order valence-electron chi connectivity index (χ2n) is 4.74. The fraction of sp³-hybridized carbons (Fsp3) is 0.538. The Morgan fingerprint density at radius 1 is 1.50 bits per heavy atom. The van der Waals surface area contributed by atoms with Gasteiger partial charge in [-0.25, -0.2) is 0 Å². The maximum absolute atomic E-state index is 11.4. The molecule has 5 nitrogen and oxygen atoms in total. The largest absolute Gasteiger partial charge is 0.368 e. The highest BCUT2D eigenvalue weighted by Crippen LogP contribution is 2.19. The fourth-order valence-corrected chi connectivity index (χ4v) is 2.48. The molecule has 1 aromatic rings. The Morgan fingerprint density at radius 3 is 3.06 bits per heavy atom. The van der Waals surface area contributed by atoms with Gasteiger partial charge in [0, 0.05) is 19.3 Å². The van der Waals surface area contributed by atoms with Crippen molar-refractivity contribution in [1.82, 2.24) is 9.88 Å². The van der Waals surface area contributed by atoms with Gasteiger partial charge in [0.15, 0.2) is 0 Å². The van der Waals surface area contributed by atoms with Crippen LogP contribution in [0.1, 0.15) is 30.5 Å². The second-order valence-corrected chi connectivity index (χ2v) is 4.74. The average Bonchev–Trinajstić information content (AvgIpc) is 2.39. The van der Waals surface area contributed by atoms with Crippen molar-refractivity contribution in [3.05, 3.63) is 29.6 Å². The lowest BCUT2D eigenvalue weighted by molar-refractivity contribution is -0.124. The Morgan fingerprint density at radius 2 is 2.33 bits per heavy atom. The van der Waals surface area contributed by atoms with Gasteiger partial charge in [-0.15, -0.1) is 0 Å². The first-order chi connectivity index (χ1) is 8.70. The van der Waals surface area contributed by atoms with E-state index < -0.39 is 0 Å². The van der Waals surface area contributed by atoms with Gasteiger partial charge in [-0.05, 0) is 37.1 Å². The summed E-state index contributed by atoms with van der Waals surface area (Å²) in [6.45, 7) is 2.10. The van der Waals surface area contributed by atoms with Gasteiger partial charge in [0.05, 0.1) is 11.7 Å². The van der Waals surface area contributed by atoms with E-state index in [9.17, 15) is 4.79 Å². The molecule has 5 heteroatoms. The number of pyridine rings is 1. The lowest BCUT2D eigenvalue weighted by atomic mass is 10.0. The molecule has 1 aliphatic rings. The highest BCUT2D eigenvalue weighted by Gasteiger charge is 2.26. The molecule has 98 valence electrons. The van der Waals surface area contributed by atoms with Crippen LogP contribution in [0.15, 0.2) is 18.3 Å². The number of nitrogens with two attached hydrogens (primary N) is 2. The van der Waals surface area contributed by atoms with Crippen molar-refractivity contribution in [1.29, 1.82) is 0 Å². The van der Waals surface area contributed by atoms with Crippen molar-refractivity contribution >= 4 is 5.91 Å². The predicted molar refractivity (Wildman–Crippen MR) is 69.4 cm³/mol. The van der Waals surface area contributed by atoms with Gasteiger partial charge in [0.1, 0.15) is 0 Å². The van der Waals surface area contributed by atoms with E-state index in [-0.39, 0.29) is 11.9 Å². The van der Waals surface area contributed by atoms with Crippen LogP contribution in [-0.4, -0.2) is 28.4 Å². The summed E-state index contributed by atoms with van der Waals surface area (Å²) >= 11 is 0. The molecule has 0 aliphatic carbocycles. The van der Waals surface area contributed by atoms with E-state index in [1.807, 2.05) is 12.1 Å². The van der Waals surface area contributed by atoms with Gasteiger partial charge in [0.2, 0.25) is 5.91 Å². The molecule has 2 rings (SSSR count). The number of aromatic nitrogens is 1. The average molecular weight is 248 g/mol. The van der Waals surface area contributed by atoms with Crippen molar-refractivity contribution < 1.29 is 4.79 Å². The standard InChI is InChI=1S/C13H20N4O/c14-8-11-7-10(4-5-16-11)9-17-6-2-1-3-12(17)13(15)18/h4-5,7,12H,1-3,6,8-9,14H2,(H2,15,18). The Bertz CT molecular complexity index is 421. The van der Waals surface area contributed by atoms with Crippen LogP contribution in [0.3, 0.4) is 0 Å². The van der Waals surface area contributed by atoms with E-state index in [2.05, 4.69) is 9.88 Å².